The van der Waals surface area contributed by atoms with Gasteiger partial charge in [-0.3, -0.25) is 9.48 Å². The zero-order chi connectivity index (χ0) is 29.1. The van der Waals surface area contributed by atoms with Crippen molar-refractivity contribution in [2.45, 2.75) is 25.5 Å². The Morgan fingerprint density at radius 1 is 1.10 bits per heavy atom. The van der Waals surface area contributed by atoms with Gasteiger partial charge in [-0.15, -0.1) is 0 Å². The van der Waals surface area contributed by atoms with E-state index in [1.807, 2.05) is 42.2 Å². The first-order chi connectivity index (χ1) is 19.7. The normalized spacial score (nSPS) is 15.8. The molecule has 1 aliphatic heterocycles. The molecular weight excluding hydrogens is 537 g/mol. The number of ether oxygens (including phenoxy) is 1. The first kappa shape index (κ1) is 28.5. The molecule has 5 rings (SSSR count). The summed E-state index contributed by atoms with van der Waals surface area (Å²) in [5, 5.41) is 8.62. The molecule has 1 amide bonds. The van der Waals surface area contributed by atoms with Crippen molar-refractivity contribution in [3.63, 3.8) is 0 Å². The molecule has 2 aromatic heterocycles. The van der Waals surface area contributed by atoms with Gasteiger partial charge in [0.2, 0.25) is 5.82 Å². The molecule has 41 heavy (non-hydrogen) atoms. The van der Waals surface area contributed by atoms with Crippen LogP contribution >= 0.6 is 0 Å². The highest BCUT2D eigenvalue weighted by Gasteiger charge is 2.42. The predicted octanol–water partition coefficient (Wildman–Crippen LogP) is 4.42. The number of carbonyl (C=O) groups is 1. The molecule has 4 aromatic rings. The van der Waals surface area contributed by atoms with Crippen molar-refractivity contribution in [2.75, 3.05) is 47.0 Å². The van der Waals surface area contributed by atoms with E-state index in [2.05, 4.69) is 27.2 Å². The van der Waals surface area contributed by atoms with Gasteiger partial charge in [-0.25, -0.2) is 13.2 Å². The Kier molecular flexibility index (Phi) is 8.22. The van der Waals surface area contributed by atoms with Crippen LogP contribution in [0, 0.1) is 6.92 Å². The number of aryl methyl sites for hydroxylation is 1. The summed E-state index contributed by atoms with van der Waals surface area (Å²) in [5.74, 6) is 0.442. The Hall–Kier alpha value is -4.03. The largest absolute Gasteiger partial charge is 0.365 e. The molecule has 1 unspecified atom stereocenters. The van der Waals surface area contributed by atoms with Crippen molar-refractivity contribution >= 4 is 5.91 Å². The summed E-state index contributed by atoms with van der Waals surface area (Å²) >= 11 is 0. The summed E-state index contributed by atoms with van der Waals surface area (Å²) < 4.78 is 52.7. The van der Waals surface area contributed by atoms with Crippen LogP contribution < -0.4 is 0 Å². The first-order valence-electron chi connectivity index (χ1n) is 13.2. The van der Waals surface area contributed by atoms with Gasteiger partial charge in [0.05, 0.1) is 6.54 Å². The molecule has 1 saturated heterocycles. The summed E-state index contributed by atoms with van der Waals surface area (Å²) in [7, 11) is 3.10. The highest BCUT2D eigenvalue weighted by molar-refractivity contribution is 5.94. The molecule has 0 bridgehead atoms. The average Bonchev–Trinajstić information content (AvgIpc) is 3.62. The summed E-state index contributed by atoms with van der Waals surface area (Å²) in [5.41, 5.74) is 1.08. The Bertz CT molecular complexity index is 1490. The highest BCUT2D eigenvalue weighted by Crippen LogP contribution is 2.34. The maximum atomic E-state index is 13.5. The molecule has 3 heterocycles. The molecule has 1 fully saturated rings. The van der Waals surface area contributed by atoms with Crippen LogP contribution in [-0.4, -0.2) is 89.1 Å². The lowest BCUT2D eigenvalue weighted by atomic mass is 9.94. The molecule has 9 nitrogen and oxygen atoms in total. The van der Waals surface area contributed by atoms with Gasteiger partial charge >= 0.3 is 0 Å². The van der Waals surface area contributed by atoms with Gasteiger partial charge in [0, 0.05) is 50.1 Å². The van der Waals surface area contributed by atoms with E-state index >= 15 is 0 Å². The van der Waals surface area contributed by atoms with Gasteiger partial charge < -0.3 is 19.1 Å². The standard InChI is InChI=1S/C29H31F3N6O3/c1-19-15-24(26-33-25(35-41-26)21-7-9-23(10-8-21)29(18-30,40-3)28(31)32)34-38(19)17-20-5-4-6-22(16-20)27(39)37-13-11-36(2)12-14-37/h4-10,15-16,28H,11-14,17-18H2,1-3H3. The van der Waals surface area contributed by atoms with Gasteiger partial charge in [-0.1, -0.05) is 41.6 Å². The maximum absolute atomic E-state index is 13.5. The monoisotopic (exact) mass is 568 g/mol. The lowest BCUT2D eigenvalue weighted by Gasteiger charge is -2.32. The lowest BCUT2D eigenvalue weighted by Crippen LogP contribution is -2.47. The SMILES string of the molecule is COC(CF)(c1ccc(-c2noc(-c3cc(C)n(Cc4cccc(C(=O)N5CCN(C)CC5)c4)n3)n2)cc1)C(F)F. The fraction of sp³-hybridized carbons (Fsp3) is 0.379. The number of alkyl halides is 3. The third-order valence-corrected chi connectivity index (χ3v) is 7.47. The minimum absolute atomic E-state index is 0.00800. The van der Waals surface area contributed by atoms with E-state index in [1.54, 1.807) is 4.68 Å². The molecule has 2 aromatic carbocycles. The fourth-order valence-corrected chi connectivity index (χ4v) is 4.81. The second-order valence-corrected chi connectivity index (χ2v) is 10.2. The number of likely N-dealkylation sites (N-methyl/N-ethyl adjacent to an activating group) is 1. The van der Waals surface area contributed by atoms with Crippen LogP contribution in [0.25, 0.3) is 23.0 Å². The third-order valence-electron chi connectivity index (χ3n) is 7.47. The molecule has 0 aliphatic carbocycles. The van der Waals surface area contributed by atoms with E-state index in [0.29, 0.717) is 36.5 Å². The van der Waals surface area contributed by atoms with E-state index < -0.39 is 18.7 Å². The number of carbonyl (C=O) groups excluding carboxylic acids is 1. The molecule has 1 atom stereocenters. The Morgan fingerprint density at radius 3 is 2.49 bits per heavy atom. The number of halogens is 3. The maximum Gasteiger partial charge on any atom is 0.278 e. The van der Waals surface area contributed by atoms with Gasteiger partial charge in [0.1, 0.15) is 6.67 Å². The van der Waals surface area contributed by atoms with E-state index in [1.165, 1.54) is 24.3 Å². The zero-order valence-corrected chi connectivity index (χ0v) is 23.1. The summed E-state index contributed by atoms with van der Waals surface area (Å²) in [6, 6.07) is 15.1. The summed E-state index contributed by atoms with van der Waals surface area (Å²) in [4.78, 5) is 21.5. The van der Waals surface area contributed by atoms with Crippen molar-refractivity contribution in [3.05, 3.63) is 77.0 Å². The van der Waals surface area contributed by atoms with Crippen LogP contribution in [0.15, 0.2) is 59.1 Å². The van der Waals surface area contributed by atoms with Gasteiger partial charge in [0.25, 0.3) is 18.2 Å². The van der Waals surface area contributed by atoms with E-state index in [0.717, 1.165) is 31.5 Å². The molecule has 0 spiro atoms. The minimum atomic E-state index is -3.04. The number of piperazine rings is 1. The van der Waals surface area contributed by atoms with E-state index in [9.17, 15) is 18.0 Å². The summed E-state index contributed by atoms with van der Waals surface area (Å²) in [6.07, 6.45) is -3.04. The first-order valence-corrected chi connectivity index (χ1v) is 13.2. The molecule has 0 saturated carbocycles. The average molecular weight is 569 g/mol. The smallest absolute Gasteiger partial charge is 0.278 e. The Morgan fingerprint density at radius 2 is 1.83 bits per heavy atom. The number of hydrogen-bond donors (Lipinski definition) is 0. The van der Waals surface area contributed by atoms with Gasteiger partial charge in [0.15, 0.2) is 11.3 Å². The predicted molar refractivity (Wildman–Crippen MR) is 145 cm³/mol. The van der Waals surface area contributed by atoms with Crippen LogP contribution in [0.3, 0.4) is 0 Å². The number of nitrogens with zero attached hydrogens (tertiary/aromatic N) is 6. The number of rotatable bonds is 9. The third kappa shape index (κ3) is 5.75. The molecule has 12 heteroatoms. The van der Waals surface area contributed by atoms with Crippen LogP contribution in [-0.2, 0) is 16.9 Å². The topological polar surface area (TPSA) is 89.5 Å². The second kappa shape index (κ2) is 11.8. The van der Waals surface area contributed by atoms with Crippen molar-refractivity contribution in [1.82, 2.24) is 29.7 Å². The molecule has 0 radical (unpaired) electrons. The molecule has 1 aliphatic rings. The molecule has 216 valence electrons. The van der Waals surface area contributed by atoms with Crippen molar-refractivity contribution < 1.29 is 27.2 Å². The van der Waals surface area contributed by atoms with Crippen LogP contribution in [0.5, 0.6) is 0 Å². The van der Waals surface area contributed by atoms with Gasteiger partial charge in [-0.2, -0.15) is 10.1 Å². The van der Waals surface area contributed by atoms with Crippen molar-refractivity contribution in [3.8, 4) is 23.0 Å². The number of benzene rings is 2. The number of amides is 1. The number of methoxy groups -OCH3 is 1. The Balaban J connectivity index is 1.30. The number of aromatic nitrogens is 4. The van der Waals surface area contributed by atoms with E-state index in [-0.39, 0.29) is 23.2 Å². The van der Waals surface area contributed by atoms with Crippen molar-refractivity contribution in [2.24, 2.45) is 0 Å². The van der Waals surface area contributed by atoms with Crippen LogP contribution in [0.2, 0.25) is 0 Å². The lowest BCUT2D eigenvalue weighted by molar-refractivity contribution is -0.138. The van der Waals surface area contributed by atoms with Crippen molar-refractivity contribution in [1.29, 1.82) is 0 Å². The molecule has 0 N–H and O–H groups in total. The van der Waals surface area contributed by atoms with Crippen LogP contribution in [0.4, 0.5) is 13.2 Å². The summed E-state index contributed by atoms with van der Waals surface area (Å²) in [6.45, 7) is 4.11. The van der Waals surface area contributed by atoms with Gasteiger partial charge in [-0.05, 0) is 43.3 Å². The molecular formula is C29H31F3N6O3. The highest BCUT2D eigenvalue weighted by atomic mass is 19.3. The minimum Gasteiger partial charge on any atom is -0.365 e. The quantitative estimate of drug-likeness (QED) is 0.295. The zero-order valence-electron chi connectivity index (χ0n) is 23.1. The number of hydrogen-bond acceptors (Lipinski definition) is 7. The van der Waals surface area contributed by atoms with E-state index in [4.69, 9.17) is 9.26 Å². The van der Waals surface area contributed by atoms with Crippen LogP contribution in [0.1, 0.15) is 27.2 Å². The second-order valence-electron chi connectivity index (χ2n) is 10.2. The fourth-order valence-electron chi connectivity index (χ4n) is 4.81. The Labute approximate surface area is 235 Å².